The standard InChI is InChI=1S/C8H11N3O2S/c1-10-11(14(2,12)13)8-6-4-3-5-7(8)9/h3-6H,1,9H2,2H3. The smallest absolute Gasteiger partial charge is 0.251 e. The van der Waals surface area contributed by atoms with E-state index in [0.717, 1.165) is 10.7 Å². The van der Waals surface area contributed by atoms with Crippen LogP contribution in [0.3, 0.4) is 0 Å². The zero-order valence-corrected chi connectivity index (χ0v) is 8.53. The van der Waals surface area contributed by atoms with Crippen LogP contribution in [0.25, 0.3) is 0 Å². The molecule has 0 spiro atoms. The van der Waals surface area contributed by atoms with Crippen LogP contribution >= 0.6 is 0 Å². The predicted octanol–water partition coefficient (Wildman–Crippen LogP) is 0.650. The third-order valence-corrected chi connectivity index (χ3v) is 2.53. The molecule has 5 nitrogen and oxygen atoms in total. The van der Waals surface area contributed by atoms with E-state index in [0.29, 0.717) is 11.4 Å². The fraction of sp³-hybridized carbons (Fsp3) is 0.125. The fourth-order valence-corrected chi connectivity index (χ4v) is 1.75. The second-order valence-electron chi connectivity index (χ2n) is 2.71. The predicted molar refractivity (Wildman–Crippen MR) is 57.7 cm³/mol. The van der Waals surface area contributed by atoms with E-state index >= 15 is 0 Å². The molecule has 0 aromatic heterocycles. The molecule has 2 N–H and O–H groups in total. The first-order chi connectivity index (χ1) is 6.46. The average Bonchev–Trinajstić information content (AvgIpc) is 2.07. The maximum atomic E-state index is 11.3. The van der Waals surface area contributed by atoms with Crippen LogP contribution in [-0.2, 0) is 10.0 Å². The van der Waals surface area contributed by atoms with Crippen molar-refractivity contribution in [2.75, 3.05) is 16.4 Å². The minimum absolute atomic E-state index is 0.310. The van der Waals surface area contributed by atoms with Crippen molar-refractivity contribution in [2.24, 2.45) is 5.10 Å². The van der Waals surface area contributed by atoms with E-state index in [9.17, 15) is 8.42 Å². The van der Waals surface area contributed by atoms with Crippen molar-refractivity contribution in [3.63, 3.8) is 0 Å². The Kier molecular flexibility index (Phi) is 2.76. The monoisotopic (exact) mass is 213 g/mol. The molecule has 76 valence electrons. The Bertz CT molecular complexity index is 442. The highest BCUT2D eigenvalue weighted by molar-refractivity contribution is 7.92. The number of hydrogen-bond donors (Lipinski definition) is 1. The number of nitrogen functional groups attached to an aromatic ring is 1. The van der Waals surface area contributed by atoms with Gasteiger partial charge in [0.2, 0.25) is 0 Å². The lowest BCUT2D eigenvalue weighted by molar-refractivity contribution is 0.598. The maximum Gasteiger partial charge on any atom is 0.251 e. The van der Waals surface area contributed by atoms with Crippen molar-refractivity contribution < 1.29 is 8.42 Å². The van der Waals surface area contributed by atoms with Crippen LogP contribution in [0.1, 0.15) is 0 Å². The van der Waals surface area contributed by atoms with Crippen molar-refractivity contribution in [3.8, 4) is 0 Å². The number of benzene rings is 1. The van der Waals surface area contributed by atoms with Crippen molar-refractivity contribution in [3.05, 3.63) is 24.3 Å². The van der Waals surface area contributed by atoms with Crippen LogP contribution in [0.15, 0.2) is 29.4 Å². The summed E-state index contributed by atoms with van der Waals surface area (Å²) in [6.07, 6.45) is 1.04. The summed E-state index contributed by atoms with van der Waals surface area (Å²) < 4.78 is 23.3. The summed E-state index contributed by atoms with van der Waals surface area (Å²) >= 11 is 0. The number of hydrazone groups is 1. The zero-order valence-electron chi connectivity index (χ0n) is 7.71. The molecule has 0 aliphatic carbocycles. The van der Waals surface area contributed by atoms with Crippen molar-refractivity contribution in [2.45, 2.75) is 0 Å². The van der Waals surface area contributed by atoms with E-state index < -0.39 is 10.0 Å². The molecular formula is C8H11N3O2S. The molecule has 0 unspecified atom stereocenters. The average molecular weight is 213 g/mol. The summed E-state index contributed by atoms with van der Waals surface area (Å²) in [5, 5.41) is 3.41. The van der Waals surface area contributed by atoms with E-state index in [4.69, 9.17) is 5.73 Å². The number of anilines is 2. The van der Waals surface area contributed by atoms with Gasteiger partial charge in [0.1, 0.15) is 5.69 Å². The number of sulfonamides is 1. The highest BCUT2D eigenvalue weighted by Gasteiger charge is 2.17. The lowest BCUT2D eigenvalue weighted by Crippen LogP contribution is -2.24. The lowest BCUT2D eigenvalue weighted by Gasteiger charge is -2.16. The third-order valence-electron chi connectivity index (χ3n) is 1.59. The van der Waals surface area contributed by atoms with Gasteiger partial charge in [-0.05, 0) is 12.1 Å². The number of nitrogens with two attached hydrogens (primary N) is 1. The van der Waals surface area contributed by atoms with Gasteiger partial charge in [-0.2, -0.15) is 9.52 Å². The van der Waals surface area contributed by atoms with Crippen LogP contribution in [-0.4, -0.2) is 21.4 Å². The Balaban J connectivity index is 3.28. The zero-order chi connectivity index (χ0) is 10.8. The van der Waals surface area contributed by atoms with Gasteiger partial charge >= 0.3 is 0 Å². The molecule has 0 amide bonds. The largest absolute Gasteiger partial charge is 0.397 e. The summed E-state index contributed by atoms with van der Waals surface area (Å²) in [6.45, 7) is 3.19. The Morgan fingerprint density at radius 3 is 2.43 bits per heavy atom. The van der Waals surface area contributed by atoms with Gasteiger partial charge in [-0.25, -0.2) is 8.42 Å². The summed E-state index contributed by atoms with van der Waals surface area (Å²) in [4.78, 5) is 0. The second-order valence-corrected chi connectivity index (χ2v) is 4.52. The Hall–Kier alpha value is -1.56. The van der Waals surface area contributed by atoms with Crippen molar-refractivity contribution >= 4 is 28.1 Å². The number of hydrogen-bond acceptors (Lipinski definition) is 4. The molecule has 0 saturated carbocycles. The van der Waals surface area contributed by atoms with Crippen LogP contribution in [0.5, 0.6) is 0 Å². The number of para-hydroxylation sites is 2. The molecule has 0 aliphatic rings. The second kappa shape index (κ2) is 3.67. The number of rotatable bonds is 3. The molecule has 1 rings (SSSR count). The fourth-order valence-electron chi connectivity index (χ4n) is 1.02. The van der Waals surface area contributed by atoms with Gasteiger partial charge in [-0.15, -0.1) is 0 Å². The summed E-state index contributed by atoms with van der Waals surface area (Å²) in [6, 6.07) is 6.54. The van der Waals surface area contributed by atoms with Gasteiger partial charge in [0.15, 0.2) is 0 Å². The van der Waals surface area contributed by atoms with Gasteiger partial charge in [0.25, 0.3) is 10.0 Å². The highest BCUT2D eigenvalue weighted by atomic mass is 32.2. The van der Waals surface area contributed by atoms with Gasteiger partial charge in [-0.1, -0.05) is 12.1 Å². The van der Waals surface area contributed by atoms with E-state index in [2.05, 4.69) is 11.8 Å². The van der Waals surface area contributed by atoms with Gasteiger partial charge < -0.3 is 5.73 Å². The van der Waals surface area contributed by atoms with E-state index in [1.165, 1.54) is 0 Å². The molecule has 0 bridgehead atoms. The van der Waals surface area contributed by atoms with Gasteiger partial charge in [0.05, 0.1) is 11.9 Å². The molecular weight excluding hydrogens is 202 g/mol. The molecule has 14 heavy (non-hydrogen) atoms. The SMILES string of the molecule is C=NN(c1ccccc1N)S(C)(=O)=O. The first-order valence-electron chi connectivity index (χ1n) is 3.78. The molecule has 1 aromatic rings. The third kappa shape index (κ3) is 2.02. The van der Waals surface area contributed by atoms with Gasteiger partial charge in [0, 0.05) is 6.72 Å². The van der Waals surface area contributed by atoms with Crippen LogP contribution in [0.4, 0.5) is 11.4 Å². The summed E-state index contributed by atoms with van der Waals surface area (Å²) in [5.41, 5.74) is 6.25. The molecule has 6 heteroatoms. The normalized spacial score (nSPS) is 10.9. The first-order valence-corrected chi connectivity index (χ1v) is 5.63. The van der Waals surface area contributed by atoms with E-state index in [1.54, 1.807) is 24.3 Å². The maximum absolute atomic E-state index is 11.3. The Morgan fingerprint density at radius 2 is 2.00 bits per heavy atom. The van der Waals surface area contributed by atoms with Crippen molar-refractivity contribution in [1.29, 1.82) is 0 Å². The molecule has 1 aromatic carbocycles. The number of nitrogens with zero attached hydrogens (tertiary/aromatic N) is 2. The molecule has 0 saturated heterocycles. The minimum Gasteiger partial charge on any atom is -0.397 e. The van der Waals surface area contributed by atoms with Crippen molar-refractivity contribution in [1.82, 2.24) is 0 Å². The molecule has 0 fully saturated rings. The minimum atomic E-state index is -3.47. The van der Waals surface area contributed by atoms with Crippen LogP contribution in [0.2, 0.25) is 0 Å². The van der Waals surface area contributed by atoms with E-state index in [1.807, 2.05) is 0 Å². The highest BCUT2D eigenvalue weighted by Crippen LogP contribution is 2.24. The first kappa shape index (κ1) is 10.5. The lowest BCUT2D eigenvalue weighted by atomic mass is 10.3. The van der Waals surface area contributed by atoms with Crippen LogP contribution < -0.4 is 10.1 Å². The van der Waals surface area contributed by atoms with E-state index in [-0.39, 0.29) is 0 Å². The molecule has 0 heterocycles. The quantitative estimate of drug-likeness (QED) is 0.455. The van der Waals surface area contributed by atoms with Crippen LogP contribution in [0, 0.1) is 0 Å². The molecule has 0 radical (unpaired) electrons. The Labute approximate surface area is 82.9 Å². The molecule has 0 aliphatic heterocycles. The van der Waals surface area contributed by atoms with Gasteiger partial charge in [-0.3, -0.25) is 0 Å². The summed E-state index contributed by atoms with van der Waals surface area (Å²) in [5.74, 6) is 0. The molecule has 0 atom stereocenters. The topological polar surface area (TPSA) is 75.8 Å². The summed E-state index contributed by atoms with van der Waals surface area (Å²) in [7, 11) is -3.47. The Morgan fingerprint density at radius 1 is 1.43 bits per heavy atom.